The van der Waals surface area contributed by atoms with Gasteiger partial charge in [-0.25, -0.2) is 4.79 Å². The van der Waals surface area contributed by atoms with E-state index >= 15 is 0 Å². The summed E-state index contributed by atoms with van der Waals surface area (Å²) in [6, 6.07) is 8.61. The summed E-state index contributed by atoms with van der Waals surface area (Å²) in [5, 5.41) is 95.3. The van der Waals surface area contributed by atoms with Crippen molar-refractivity contribution in [2.45, 2.75) is 81.2 Å². The number of aromatic hydroxyl groups is 3. The number of carbonyl (C=O) groups excluding carboxylic acids is 1. The molecule has 2 aromatic rings. The second-order valence-electron chi connectivity index (χ2n) is 14.2. The van der Waals surface area contributed by atoms with Crippen molar-refractivity contribution in [1.29, 1.82) is 0 Å². The molecule has 3 heterocycles. The Morgan fingerprint density at radius 2 is 1.61 bits per heavy atom. The Hall–Kier alpha value is -5.79. The molecule has 2 saturated heterocycles. The minimum Gasteiger partial charge on any atom is -0.508 e. The SMILES string of the molecule is C=CCC(=C)OC[C@@H]1C[C@H](O)[C@@H](O)[C@H](OC2=CC(O)=CC3OC(c4cc(C)c(O)c(O)c4)=C(O[C@@H]4O[C@H](COC(=O)/C=C\c5ccc(O)cc5)[C@@H](O)[C@H](O)[C@H]4O)C=C23)O1. The van der Waals surface area contributed by atoms with Crippen LogP contribution >= 0.6 is 0 Å². The van der Waals surface area contributed by atoms with Crippen LogP contribution in [0.2, 0.25) is 0 Å². The van der Waals surface area contributed by atoms with E-state index in [9.17, 15) is 50.8 Å². The smallest absolute Gasteiger partial charge is 0.330 e. The van der Waals surface area contributed by atoms with Crippen molar-refractivity contribution in [2.24, 2.45) is 0 Å². The number of aryl methyl sites for hydroxylation is 1. The number of hydrogen-bond donors (Lipinski definition) is 9. The van der Waals surface area contributed by atoms with Gasteiger partial charge >= 0.3 is 5.97 Å². The monoisotopic (exact) mass is 822 g/mol. The maximum atomic E-state index is 12.5. The van der Waals surface area contributed by atoms with Crippen LogP contribution < -0.4 is 0 Å². The lowest BCUT2D eigenvalue weighted by molar-refractivity contribution is -0.291. The number of aliphatic hydroxyl groups is 6. The fourth-order valence-corrected chi connectivity index (χ4v) is 6.50. The molecule has 6 rings (SSSR count). The molecule has 17 nitrogen and oxygen atoms in total. The normalized spacial score (nSPS) is 29.3. The zero-order chi connectivity index (χ0) is 42.5. The van der Waals surface area contributed by atoms with Crippen molar-refractivity contribution >= 4 is 17.8 Å². The number of esters is 1. The van der Waals surface area contributed by atoms with Gasteiger partial charge in [0.15, 0.2) is 23.0 Å². The number of allylic oxidation sites excluding steroid dienone is 3. The van der Waals surface area contributed by atoms with E-state index in [0.717, 1.165) is 6.08 Å². The molecule has 0 spiro atoms. The first kappa shape index (κ1) is 42.8. The summed E-state index contributed by atoms with van der Waals surface area (Å²) in [4.78, 5) is 12.5. The molecule has 0 radical (unpaired) electrons. The molecule has 0 saturated carbocycles. The van der Waals surface area contributed by atoms with Gasteiger partial charge in [0.25, 0.3) is 0 Å². The number of benzene rings is 2. The number of hydrogen-bond acceptors (Lipinski definition) is 17. The maximum absolute atomic E-state index is 12.5. The van der Waals surface area contributed by atoms with Crippen LogP contribution in [-0.4, -0.2) is 127 Å². The van der Waals surface area contributed by atoms with Gasteiger partial charge in [-0.15, -0.1) is 6.58 Å². The van der Waals surface area contributed by atoms with E-state index in [-0.39, 0.29) is 58.5 Å². The summed E-state index contributed by atoms with van der Waals surface area (Å²) in [5.74, 6) is -2.04. The third kappa shape index (κ3) is 10.1. The molecule has 59 heavy (non-hydrogen) atoms. The molecule has 10 atom stereocenters. The van der Waals surface area contributed by atoms with E-state index in [0.29, 0.717) is 17.7 Å². The van der Waals surface area contributed by atoms with Crippen LogP contribution in [0.3, 0.4) is 0 Å². The summed E-state index contributed by atoms with van der Waals surface area (Å²) in [5.41, 5.74) is 1.14. The molecule has 4 aliphatic rings. The average Bonchev–Trinajstić information content (AvgIpc) is 3.20. The highest BCUT2D eigenvalue weighted by atomic mass is 16.7. The molecule has 0 aromatic heterocycles. The molecule has 17 heteroatoms. The van der Waals surface area contributed by atoms with Gasteiger partial charge in [0.1, 0.15) is 67.1 Å². The first-order valence-corrected chi connectivity index (χ1v) is 18.5. The number of carbonyl (C=O) groups is 1. The maximum Gasteiger partial charge on any atom is 0.330 e. The summed E-state index contributed by atoms with van der Waals surface area (Å²) in [6.45, 7) is 8.33. The average molecular weight is 823 g/mol. The van der Waals surface area contributed by atoms with Gasteiger partial charge in [0, 0.05) is 42.2 Å². The van der Waals surface area contributed by atoms with E-state index in [4.69, 9.17) is 33.2 Å². The Morgan fingerprint density at radius 3 is 2.32 bits per heavy atom. The summed E-state index contributed by atoms with van der Waals surface area (Å²) >= 11 is 0. The van der Waals surface area contributed by atoms with Gasteiger partial charge in [0.2, 0.25) is 12.6 Å². The molecule has 1 aliphatic carbocycles. The minimum atomic E-state index is -1.89. The Morgan fingerprint density at radius 1 is 0.881 bits per heavy atom. The fraction of sp³-hybridized carbons (Fsp3) is 0.357. The second-order valence-corrected chi connectivity index (χ2v) is 14.2. The first-order chi connectivity index (χ1) is 28.1. The van der Waals surface area contributed by atoms with Crippen LogP contribution in [0.5, 0.6) is 17.2 Å². The lowest BCUT2D eigenvalue weighted by atomic mass is 9.96. The van der Waals surface area contributed by atoms with Gasteiger partial charge in [0.05, 0.1) is 18.0 Å². The molecule has 3 aliphatic heterocycles. The number of aliphatic hydroxyl groups excluding tert-OH is 6. The number of phenols is 3. The lowest BCUT2D eigenvalue weighted by Gasteiger charge is -2.41. The van der Waals surface area contributed by atoms with Gasteiger partial charge < -0.3 is 79.1 Å². The zero-order valence-electron chi connectivity index (χ0n) is 31.7. The number of phenolic OH excluding ortho intramolecular Hbond substituents is 3. The van der Waals surface area contributed by atoms with E-state index < -0.39 is 85.5 Å². The van der Waals surface area contributed by atoms with Gasteiger partial charge in [-0.1, -0.05) is 24.8 Å². The quantitative estimate of drug-likeness (QED) is 0.0436. The molecule has 2 aromatic carbocycles. The van der Waals surface area contributed by atoms with E-state index in [1.807, 2.05) is 0 Å². The van der Waals surface area contributed by atoms with Crippen LogP contribution in [0.25, 0.3) is 11.8 Å². The van der Waals surface area contributed by atoms with E-state index in [1.165, 1.54) is 55.5 Å². The number of fused-ring (bicyclic) bond motifs is 1. The highest BCUT2D eigenvalue weighted by molar-refractivity contribution is 5.87. The molecule has 316 valence electrons. The van der Waals surface area contributed by atoms with Crippen molar-refractivity contribution in [3.63, 3.8) is 0 Å². The molecular formula is C42H46O17. The molecular weight excluding hydrogens is 776 g/mol. The molecule has 0 amide bonds. The fourth-order valence-electron chi connectivity index (χ4n) is 6.50. The topological polar surface area (TPSA) is 264 Å². The third-order valence-electron chi connectivity index (χ3n) is 9.69. The van der Waals surface area contributed by atoms with Crippen LogP contribution in [0, 0.1) is 6.92 Å². The Bertz CT molecular complexity index is 2030. The lowest BCUT2D eigenvalue weighted by Crippen LogP contribution is -2.59. The second kappa shape index (κ2) is 18.4. The van der Waals surface area contributed by atoms with Crippen LogP contribution in [0.1, 0.15) is 29.5 Å². The summed E-state index contributed by atoms with van der Waals surface area (Å²) in [7, 11) is 0. The predicted octanol–water partition coefficient (Wildman–Crippen LogP) is 2.49. The van der Waals surface area contributed by atoms with Crippen LogP contribution in [0.15, 0.2) is 109 Å². The van der Waals surface area contributed by atoms with Crippen LogP contribution in [0.4, 0.5) is 0 Å². The van der Waals surface area contributed by atoms with Gasteiger partial charge in [-0.3, -0.25) is 0 Å². The van der Waals surface area contributed by atoms with Crippen molar-refractivity contribution in [3.05, 3.63) is 125 Å². The predicted molar refractivity (Wildman–Crippen MR) is 205 cm³/mol. The molecule has 9 N–H and O–H groups in total. The van der Waals surface area contributed by atoms with E-state index in [2.05, 4.69) is 13.2 Å². The van der Waals surface area contributed by atoms with Crippen molar-refractivity contribution in [2.75, 3.05) is 13.2 Å². The molecule has 2 fully saturated rings. The molecule has 1 unspecified atom stereocenters. The van der Waals surface area contributed by atoms with Gasteiger partial charge in [-0.2, -0.15) is 0 Å². The van der Waals surface area contributed by atoms with Gasteiger partial charge in [-0.05, 0) is 54.5 Å². The van der Waals surface area contributed by atoms with Crippen molar-refractivity contribution in [3.8, 4) is 17.2 Å². The zero-order valence-corrected chi connectivity index (χ0v) is 31.7. The van der Waals surface area contributed by atoms with E-state index in [1.54, 1.807) is 18.2 Å². The van der Waals surface area contributed by atoms with Crippen molar-refractivity contribution in [1.82, 2.24) is 0 Å². The van der Waals surface area contributed by atoms with Crippen molar-refractivity contribution < 1.29 is 83.9 Å². The summed E-state index contributed by atoms with van der Waals surface area (Å²) < 4.78 is 41.1. The Kier molecular flexibility index (Phi) is 13.4. The third-order valence-corrected chi connectivity index (χ3v) is 9.69. The highest BCUT2D eigenvalue weighted by Gasteiger charge is 2.47. The minimum absolute atomic E-state index is 0.00493. The molecule has 0 bridgehead atoms. The van der Waals surface area contributed by atoms with Crippen LogP contribution in [-0.2, 0) is 38.0 Å². The number of ether oxygens (including phenoxy) is 7. The largest absolute Gasteiger partial charge is 0.508 e. The number of rotatable bonds is 14. The Labute approximate surface area is 338 Å². The summed E-state index contributed by atoms with van der Waals surface area (Å²) in [6.07, 6.45) is -6.45. The standard InChI is InChI=1S/C42H46O17/c1-4-5-21(3)53-18-26-16-29(46)36(49)41(55-26)57-31-15-25(44)14-30-27(31)17-32(40(56-30)23-12-20(2)35(48)28(45)13-23)58-42-39(52)38(51)37(50)33(59-42)19-54-34(47)11-8-22-6-9-24(43)10-7-22/h4,6-15,17,26,29-30,33,36-39,41-46,48-52H,1,3,5,16,18-19H2,2H3/b11-8-/t26-,29-,30?,33+,36+,37+,38-,39+,41-,42+/m0/s1. The highest BCUT2D eigenvalue weighted by Crippen LogP contribution is 2.42. The Balaban J connectivity index is 1.27. The first-order valence-electron chi connectivity index (χ1n) is 18.5.